The van der Waals surface area contributed by atoms with E-state index in [2.05, 4.69) is 26.6 Å². The van der Waals surface area contributed by atoms with Crippen molar-refractivity contribution in [1.82, 2.24) is 5.32 Å². The van der Waals surface area contributed by atoms with Crippen LogP contribution in [0.5, 0.6) is 11.5 Å². The molecule has 2 aromatic rings. The molecule has 0 fully saturated rings. The minimum atomic E-state index is -0.296. The van der Waals surface area contributed by atoms with Crippen LogP contribution >= 0.6 is 15.9 Å². The van der Waals surface area contributed by atoms with Crippen molar-refractivity contribution in [3.8, 4) is 11.5 Å². The van der Waals surface area contributed by atoms with Crippen LogP contribution in [0.25, 0.3) is 0 Å². The number of methoxy groups -OCH3 is 2. The lowest BCUT2D eigenvalue weighted by atomic mass is 10.2. The molecule has 0 aliphatic rings. The van der Waals surface area contributed by atoms with Crippen molar-refractivity contribution < 1.29 is 14.3 Å². The summed E-state index contributed by atoms with van der Waals surface area (Å²) in [5.41, 5.74) is 1.61. The maximum atomic E-state index is 12.0. The standard InChI is InChI=1S/C16H17BrN2O3/c1-21-14-7-13(8-15(9-14)22-2)19-16(20)18-10-11-4-3-5-12(17)6-11/h3-9H,10H2,1-2H3,(H2,18,19,20). The number of rotatable bonds is 5. The van der Waals surface area contributed by atoms with Crippen molar-refractivity contribution >= 4 is 27.6 Å². The summed E-state index contributed by atoms with van der Waals surface area (Å²) in [7, 11) is 3.12. The summed E-state index contributed by atoms with van der Waals surface area (Å²) in [4.78, 5) is 12.0. The smallest absolute Gasteiger partial charge is 0.319 e. The maximum absolute atomic E-state index is 12.0. The number of hydrogen-bond acceptors (Lipinski definition) is 3. The van der Waals surface area contributed by atoms with Gasteiger partial charge in [-0.1, -0.05) is 28.1 Å². The first-order valence-corrected chi connectivity index (χ1v) is 7.42. The van der Waals surface area contributed by atoms with Gasteiger partial charge < -0.3 is 20.1 Å². The first kappa shape index (κ1) is 16.2. The molecule has 2 amide bonds. The summed E-state index contributed by atoms with van der Waals surface area (Å²) >= 11 is 3.40. The van der Waals surface area contributed by atoms with E-state index in [4.69, 9.17) is 9.47 Å². The van der Waals surface area contributed by atoms with Gasteiger partial charge in [-0.25, -0.2) is 4.79 Å². The van der Waals surface area contributed by atoms with Crippen LogP contribution in [0.2, 0.25) is 0 Å². The van der Waals surface area contributed by atoms with Crippen molar-refractivity contribution in [1.29, 1.82) is 0 Å². The molecule has 0 bridgehead atoms. The van der Waals surface area contributed by atoms with E-state index in [0.717, 1.165) is 10.0 Å². The number of urea groups is 1. The topological polar surface area (TPSA) is 59.6 Å². The number of halogens is 1. The molecule has 0 saturated carbocycles. The minimum absolute atomic E-state index is 0.296. The molecule has 0 saturated heterocycles. The highest BCUT2D eigenvalue weighted by Gasteiger charge is 2.06. The molecule has 5 nitrogen and oxygen atoms in total. The molecule has 0 radical (unpaired) electrons. The molecule has 0 aromatic heterocycles. The van der Waals surface area contributed by atoms with E-state index >= 15 is 0 Å². The quantitative estimate of drug-likeness (QED) is 0.848. The number of ether oxygens (including phenoxy) is 2. The SMILES string of the molecule is COc1cc(NC(=O)NCc2cccc(Br)c2)cc(OC)c1. The maximum Gasteiger partial charge on any atom is 0.319 e. The number of amides is 2. The Morgan fingerprint density at radius 3 is 2.36 bits per heavy atom. The molecule has 0 aliphatic heterocycles. The first-order valence-electron chi connectivity index (χ1n) is 6.63. The largest absolute Gasteiger partial charge is 0.497 e. The van der Waals surface area contributed by atoms with Gasteiger partial charge in [-0.2, -0.15) is 0 Å². The summed E-state index contributed by atoms with van der Waals surface area (Å²) in [6.07, 6.45) is 0. The third kappa shape index (κ3) is 4.66. The Bertz CT molecular complexity index is 639. The Kier molecular flexibility index (Phi) is 5.66. The number of nitrogens with one attached hydrogen (secondary N) is 2. The molecular weight excluding hydrogens is 348 g/mol. The highest BCUT2D eigenvalue weighted by molar-refractivity contribution is 9.10. The highest BCUT2D eigenvalue weighted by Crippen LogP contribution is 2.25. The van der Waals surface area contributed by atoms with Gasteiger partial charge in [0.2, 0.25) is 0 Å². The van der Waals surface area contributed by atoms with Crippen molar-refractivity contribution in [2.75, 3.05) is 19.5 Å². The zero-order valence-electron chi connectivity index (χ0n) is 12.4. The van der Waals surface area contributed by atoms with Crippen LogP contribution in [-0.2, 0) is 6.54 Å². The number of anilines is 1. The Balaban J connectivity index is 1.97. The summed E-state index contributed by atoms with van der Waals surface area (Å²) in [5, 5.41) is 5.55. The molecule has 6 heteroatoms. The van der Waals surface area contributed by atoms with E-state index in [0.29, 0.717) is 23.7 Å². The molecular formula is C16H17BrN2O3. The molecule has 0 heterocycles. The van der Waals surface area contributed by atoms with Crippen LogP contribution in [0, 0.1) is 0 Å². The average molecular weight is 365 g/mol. The lowest BCUT2D eigenvalue weighted by molar-refractivity contribution is 0.251. The Hall–Kier alpha value is -2.21. The van der Waals surface area contributed by atoms with E-state index in [-0.39, 0.29) is 6.03 Å². The third-order valence-corrected chi connectivity index (χ3v) is 3.44. The van der Waals surface area contributed by atoms with E-state index in [9.17, 15) is 4.79 Å². The van der Waals surface area contributed by atoms with Crippen LogP contribution in [0.4, 0.5) is 10.5 Å². The Morgan fingerprint density at radius 1 is 1.09 bits per heavy atom. The minimum Gasteiger partial charge on any atom is -0.497 e. The van der Waals surface area contributed by atoms with Crippen molar-refractivity contribution in [2.24, 2.45) is 0 Å². The third-order valence-electron chi connectivity index (χ3n) is 2.95. The molecule has 116 valence electrons. The number of carbonyl (C=O) groups is 1. The van der Waals surface area contributed by atoms with Crippen molar-refractivity contribution in [3.63, 3.8) is 0 Å². The van der Waals surface area contributed by atoms with Gasteiger partial charge in [0.25, 0.3) is 0 Å². The predicted molar refractivity (Wildman–Crippen MR) is 89.5 cm³/mol. The number of benzene rings is 2. The van der Waals surface area contributed by atoms with Crippen molar-refractivity contribution in [2.45, 2.75) is 6.54 Å². The zero-order chi connectivity index (χ0) is 15.9. The van der Waals surface area contributed by atoms with Crippen LogP contribution in [0.15, 0.2) is 46.9 Å². The highest BCUT2D eigenvalue weighted by atomic mass is 79.9. The Morgan fingerprint density at radius 2 is 1.77 bits per heavy atom. The fourth-order valence-corrected chi connectivity index (χ4v) is 2.33. The molecule has 2 N–H and O–H groups in total. The molecule has 2 aromatic carbocycles. The molecule has 0 spiro atoms. The predicted octanol–water partition coefficient (Wildman–Crippen LogP) is 3.79. The van der Waals surface area contributed by atoms with Gasteiger partial charge in [-0.05, 0) is 17.7 Å². The Labute approximate surface area is 137 Å². The average Bonchev–Trinajstić information content (AvgIpc) is 2.52. The number of carbonyl (C=O) groups excluding carboxylic acids is 1. The van der Waals surface area contributed by atoms with E-state index in [1.54, 1.807) is 32.4 Å². The molecule has 0 atom stereocenters. The second kappa shape index (κ2) is 7.70. The fraction of sp³-hybridized carbons (Fsp3) is 0.188. The van der Waals surface area contributed by atoms with Gasteiger partial charge in [0, 0.05) is 34.9 Å². The zero-order valence-corrected chi connectivity index (χ0v) is 13.9. The van der Waals surface area contributed by atoms with E-state index < -0.39 is 0 Å². The van der Waals surface area contributed by atoms with Gasteiger partial charge in [-0.3, -0.25) is 0 Å². The van der Waals surface area contributed by atoms with Gasteiger partial charge in [-0.15, -0.1) is 0 Å². The van der Waals surface area contributed by atoms with Crippen LogP contribution in [0.3, 0.4) is 0 Å². The van der Waals surface area contributed by atoms with Gasteiger partial charge in [0.1, 0.15) is 11.5 Å². The first-order chi connectivity index (χ1) is 10.6. The normalized spacial score (nSPS) is 9.95. The lowest BCUT2D eigenvalue weighted by Gasteiger charge is -2.11. The molecule has 0 aliphatic carbocycles. The molecule has 0 unspecified atom stereocenters. The monoisotopic (exact) mass is 364 g/mol. The summed E-state index contributed by atoms with van der Waals surface area (Å²) in [5.74, 6) is 1.23. The summed E-state index contributed by atoms with van der Waals surface area (Å²) < 4.78 is 11.3. The molecule has 22 heavy (non-hydrogen) atoms. The van der Waals surface area contributed by atoms with Gasteiger partial charge in [0.05, 0.1) is 14.2 Å². The van der Waals surface area contributed by atoms with Crippen molar-refractivity contribution in [3.05, 3.63) is 52.5 Å². The second-order valence-electron chi connectivity index (χ2n) is 4.54. The van der Waals surface area contributed by atoms with Crippen LogP contribution in [0.1, 0.15) is 5.56 Å². The van der Waals surface area contributed by atoms with Gasteiger partial charge in [0.15, 0.2) is 0 Å². The summed E-state index contributed by atoms with van der Waals surface area (Å²) in [6, 6.07) is 12.6. The van der Waals surface area contributed by atoms with E-state index in [1.165, 1.54) is 0 Å². The summed E-state index contributed by atoms with van der Waals surface area (Å²) in [6.45, 7) is 0.437. The second-order valence-corrected chi connectivity index (χ2v) is 5.45. The van der Waals surface area contributed by atoms with E-state index in [1.807, 2.05) is 24.3 Å². The molecule has 2 rings (SSSR count). The van der Waals surface area contributed by atoms with Crippen LogP contribution in [-0.4, -0.2) is 20.3 Å². The lowest BCUT2D eigenvalue weighted by Crippen LogP contribution is -2.28. The van der Waals surface area contributed by atoms with Gasteiger partial charge >= 0.3 is 6.03 Å². The number of hydrogen-bond donors (Lipinski definition) is 2. The van der Waals surface area contributed by atoms with Crippen LogP contribution < -0.4 is 20.1 Å². The fourth-order valence-electron chi connectivity index (χ4n) is 1.88.